The second-order valence-corrected chi connectivity index (χ2v) is 7.56. The molecule has 10 heteroatoms. The lowest BCUT2D eigenvalue weighted by molar-refractivity contribution is -0.137. The molecule has 0 heterocycles. The molecule has 0 aliphatic carbocycles. The quantitative estimate of drug-likeness (QED) is 0.515. The molecule has 3 amide bonds. The van der Waals surface area contributed by atoms with Gasteiger partial charge in [0, 0.05) is 12.8 Å². The van der Waals surface area contributed by atoms with Crippen molar-refractivity contribution in [3.05, 3.63) is 0 Å². The van der Waals surface area contributed by atoms with E-state index in [-0.39, 0.29) is 6.54 Å². The number of sulfone groups is 1. The fourth-order valence-electron chi connectivity index (χ4n) is 1.08. The van der Waals surface area contributed by atoms with E-state index in [4.69, 9.17) is 10.8 Å². The molecule has 0 radical (unpaired) electrons. The average molecular weight is 309 g/mol. The maximum absolute atomic E-state index is 11.7. The Kier molecular flexibility index (Phi) is 5.95. The number of hydrogen-bond acceptors (Lipinski definition) is 5. The van der Waals surface area contributed by atoms with Crippen LogP contribution in [0.1, 0.15) is 13.8 Å². The maximum Gasteiger partial charge on any atom is 0.323 e. The molecule has 0 aromatic rings. The molecular weight excluding hydrogens is 290 g/mol. The minimum Gasteiger partial charge on any atom is -0.480 e. The van der Waals surface area contributed by atoms with E-state index in [0.717, 1.165) is 6.26 Å². The minimum absolute atomic E-state index is 0.223. The summed E-state index contributed by atoms with van der Waals surface area (Å²) in [5, 5.41) is 10.9. The van der Waals surface area contributed by atoms with Gasteiger partial charge in [-0.25, -0.2) is 13.2 Å². The predicted molar refractivity (Wildman–Crippen MR) is 70.7 cm³/mol. The molecular formula is C10H19N3O6S. The van der Waals surface area contributed by atoms with Crippen LogP contribution >= 0.6 is 0 Å². The molecule has 0 unspecified atom stereocenters. The highest BCUT2D eigenvalue weighted by Crippen LogP contribution is 2.13. The van der Waals surface area contributed by atoms with Crippen LogP contribution in [-0.4, -0.2) is 67.0 Å². The zero-order valence-electron chi connectivity index (χ0n) is 11.5. The van der Waals surface area contributed by atoms with Crippen molar-refractivity contribution in [3.8, 4) is 0 Å². The number of primary amides is 1. The first-order valence-electron chi connectivity index (χ1n) is 5.59. The van der Waals surface area contributed by atoms with E-state index in [0.29, 0.717) is 4.90 Å². The molecule has 4 N–H and O–H groups in total. The van der Waals surface area contributed by atoms with Gasteiger partial charge < -0.3 is 21.1 Å². The van der Waals surface area contributed by atoms with Crippen molar-refractivity contribution >= 4 is 27.7 Å². The summed E-state index contributed by atoms with van der Waals surface area (Å²) in [5.41, 5.74) is 4.91. The molecule has 116 valence electrons. The van der Waals surface area contributed by atoms with Crippen molar-refractivity contribution in [1.29, 1.82) is 0 Å². The van der Waals surface area contributed by atoms with E-state index in [9.17, 15) is 22.8 Å². The van der Waals surface area contributed by atoms with Gasteiger partial charge in [0.25, 0.3) is 0 Å². The Morgan fingerprint density at radius 3 is 2.10 bits per heavy atom. The van der Waals surface area contributed by atoms with E-state index in [1.807, 2.05) is 0 Å². The van der Waals surface area contributed by atoms with Crippen LogP contribution in [-0.2, 0) is 19.4 Å². The lowest BCUT2D eigenvalue weighted by Crippen LogP contribution is -2.51. The molecule has 0 aromatic carbocycles. The monoisotopic (exact) mass is 309 g/mol. The molecule has 0 fully saturated rings. The Balaban J connectivity index is 4.77. The number of nitrogens with one attached hydrogen (secondary N) is 1. The van der Waals surface area contributed by atoms with Crippen LogP contribution < -0.4 is 11.1 Å². The SMILES string of the molecule is CC(C)(CNC(=O)N(CC(N)=O)CC(=O)O)S(C)(=O)=O. The van der Waals surface area contributed by atoms with Gasteiger partial charge in [0.05, 0.1) is 4.75 Å². The summed E-state index contributed by atoms with van der Waals surface area (Å²) in [6, 6.07) is -0.872. The summed E-state index contributed by atoms with van der Waals surface area (Å²) in [6.45, 7) is 1.32. The number of hydrogen-bond donors (Lipinski definition) is 3. The summed E-state index contributed by atoms with van der Waals surface area (Å²) < 4.78 is 21.7. The second-order valence-electron chi connectivity index (χ2n) is 4.91. The van der Waals surface area contributed by atoms with Gasteiger partial charge in [-0.15, -0.1) is 0 Å². The highest BCUT2D eigenvalue weighted by Gasteiger charge is 2.31. The fourth-order valence-corrected chi connectivity index (χ4v) is 1.42. The van der Waals surface area contributed by atoms with E-state index in [2.05, 4.69) is 5.32 Å². The number of aliphatic carboxylic acids is 1. The normalized spacial score (nSPS) is 11.8. The first kappa shape index (κ1) is 18.2. The highest BCUT2D eigenvalue weighted by atomic mass is 32.2. The maximum atomic E-state index is 11.7. The standard InChI is InChI=1S/C10H19N3O6S/c1-10(2,20(3,18)19)6-12-9(17)13(4-7(11)14)5-8(15)16/h4-6H2,1-3H3,(H2,11,14)(H,12,17)(H,15,16). The van der Waals surface area contributed by atoms with Gasteiger partial charge in [0.2, 0.25) is 5.91 Å². The summed E-state index contributed by atoms with van der Waals surface area (Å²) in [6.07, 6.45) is 1.03. The van der Waals surface area contributed by atoms with E-state index >= 15 is 0 Å². The van der Waals surface area contributed by atoms with E-state index in [1.165, 1.54) is 13.8 Å². The van der Waals surface area contributed by atoms with Gasteiger partial charge in [-0.1, -0.05) is 0 Å². The zero-order valence-corrected chi connectivity index (χ0v) is 12.4. The fraction of sp³-hybridized carbons (Fsp3) is 0.700. The molecule has 0 rings (SSSR count). The van der Waals surface area contributed by atoms with Crippen molar-refractivity contribution in [2.24, 2.45) is 5.73 Å². The van der Waals surface area contributed by atoms with Gasteiger partial charge in [-0.2, -0.15) is 0 Å². The molecule has 0 saturated carbocycles. The lowest BCUT2D eigenvalue weighted by atomic mass is 10.2. The summed E-state index contributed by atoms with van der Waals surface area (Å²) in [4.78, 5) is 33.8. The Labute approximate surface area is 117 Å². The first-order valence-corrected chi connectivity index (χ1v) is 7.48. The lowest BCUT2D eigenvalue weighted by Gasteiger charge is -2.25. The average Bonchev–Trinajstić information content (AvgIpc) is 2.22. The number of carboxylic acids is 1. The predicted octanol–water partition coefficient (Wildman–Crippen LogP) is -1.61. The minimum atomic E-state index is -3.41. The van der Waals surface area contributed by atoms with Crippen LogP contribution in [0.5, 0.6) is 0 Å². The number of carbonyl (C=O) groups is 3. The van der Waals surface area contributed by atoms with Crippen molar-refractivity contribution < 1.29 is 27.9 Å². The van der Waals surface area contributed by atoms with E-state index < -0.39 is 45.6 Å². The second kappa shape index (κ2) is 6.55. The molecule has 0 atom stereocenters. The van der Waals surface area contributed by atoms with Crippen LogP contribution in [0.3, 0.4) is 0 Å². The van der Waals surface area contributed by atoms with Gasteiger partial charge in [-0.3, -0.25) is 9.59 Å². The highest BCUT2D eigenvalue weighted by molar-refractivity contribution is 7.92. The van der Waals surface area contributed by atoms with Crippen molar-refractivity contribution in [2.75, 3.05) is 25.9 Å². The molecule has 0 spiro atoms. The Hall–Kier alpha value is -1.84. The van der Waals surface area contributed by atoms with Gasteiger partial charge in [0.15, 0.2) is 9.84 Å². The molecule has 0 aromatic heterocycles. The Morgan fingerprint density at radius 1 is 1.25 bits per heavy atom. The van der Waals surface area contributed by atoms with Crippen LogP contribution in [0, 0.1) is 0 Å². The number of rotatable bonds is 7. The van der Waals surface area contributed by atoms with Gasteiger partial charge in [-0.05, 0) is 13.8 Å². The molecule has 20 heavy (non-hydrogen) atoms. The van der Waals surface area contributed by atoms with Gasteiger partial charge >= 0.3 is 12.0 Å². The van der Waals surface area contributed by atoms with Crippen LogP contribution in [0.25, 0.3) is 0 Å². The number of carboxylic acid groups (broad SMARTS) is 1. The largest absolute Gasteiger partial charge is 0.480 e. The van der Waals surface area contributed by atoms with Crippen molar-refractivity contribution in [2.45, 2.75) is 18.6 Å². The topological polar surface area (TPSA) is 147 Å². The number of carbonyl (C=O) groups excluding carboxylic acids is 2. The van der Waals surface area contributed by atoms with Crippen molar-refractivity contribution in [3.63, 3.8) is 0 Å². The number of amides is 3. The zero-order chi connectivity index (χ0) is 16.1. The third-order valence-corrected chi connectivity index (χ3v) is 4.78. The Bertz CT molecular complexity index is 483. The molecule has 0 aliphatic heterocycles. The van der Waals surface area contributed by atoms with Crippen LogP contribution in [0.15, 0.2) is 0 Å². The Morgan fingerprint density at radius 2 is 1.75 bits per heavy atom. The van der Waals surface area contributed by atoms with Crippen LogP contribution in [0.4, 0.5) is 4.79 Å². The number of nitrogens with zero attached hydrogens (tertiary/aromatic N) is 1. The van der Waals surface area contributed by atoms with E-state index in [1.54, 1.807) is 0 Å². The smallest absolute Gasteiger partial charge is 0.323 e. The molecule has 0 aliphatic rings. The summed E-state index contributed by atoms with van der Waals surface area (Å²) >= 11 is 0. The van der Waals surface area contributed by atoms with Gasteiger partial charge in [0.1, 0.15) is 13.1 Å². The summed E-state index contributed by atoms with van der Waals surface area (Å²) in [7, 11) is -3.41. The first-order chi connectivity index (χ1) is 8.86. The third-order valence-electron chi connectivity index (χ3n) is 2.63. The third kappa shape index (κ3) is 5.87. The van der Waals surface area contributed by atoms with Crippen LogP contribution in [0.2, 0.25) is 0 Å². The molecule has 0 bridgehead atoms. The molecule has 0 saturated heterocycles. The number of nitrogens with two attached hydrogens (primary N) is 1. The molecule has 9 nitrogen and oxygen atoms in total. The number of urea groups is 1. The summed E-state index contributed by atoms with van der Waals surface area (Å²) in [5.74, 6) is -2.19. The van der Waals surface area contributed by atoms with Crippen molar-refractivity contribution in [1.82, 2.24) is 10.2 Å².